The molecule has 0 amide bonds. The predicted molar refractivity (Wildman–Crippen MR) is 63.5 cm³/mol. The Bertz CT molecular complexity index is 130. The van der Waals surface area contributed by atoms with Crippen LogP contribution in [0.5, 0.6) is 0 Å². The highest BCUT2D eigenvalue weighted by atomic mass is 32.3. The van der Waals surface area contributed by atoms with E-state index in [0.29, 0.717) is 4.75 Å². The number of hydrogen-bond acceptors (Lipinski definition) is 0. The van der Waals surface area contributed by atoms with Crippen LogP contribution in [0.1, 0.15) is 40.5 Å². The molecule has 0 N–H and O–H groups in total. The third kappa shape index (κ3) is 3.38. The first kappa shape index (κ1) is 12.3. The van der Waals surface area contributed by atoms with Gasteiger partial charge in [0.05, 0.1) is 0 Å². The van der Waals surface area contributed by atoms with Crippen LogP contribution in [0.4, 0.5) is 0 Å². The molecule has 0 aliphatic rings. The summed E-state index contributed by atoms with van der Waals surface area (Å²) in [5, 5.41) is 0. The van der Waals surface area contributed by atoms with Crippen LogP contribution in [0.25, 0.3) is 0 Å². The maximum Gasteiger partial charge on any atom is -0.00589 e. The van der Waals surface area contributed by atoms with Gasteiger partial charge in [0.25, 0.3) is 0 Å². The topological polar surface area (TPSA) is 0 Å². The first-order chi connectivity index (χ1) is 5.20. The van der Waals surface area contributed by atoms with E-state index >= 15 is 0 Å². The van der Waals surface area contributed by atoms with Gasteiger partial charge in [0, 0.05) is 0 Å². The maximum atomic E-state index is 2.43. The highest BCUT2D eigenvalue weighted by Gasteiger charge is 2.29. The van der Waals surface area contributed by atoms with E-state index in [1.807, 2.05) is 0 Å². The summed E-state index contributed by atoms with van der Waals surface area (Å²) in [6.45, 7) is 9.51. The van der Waals surface area contributed by atoms with Crippen LogP contribution < -0.4 is 0 Å². The molecule has 0 saturated heterocycles. The zero-order valence-electron chi connectivity index (χ0n) is 9.90. The molecule has 0 bridgehead atoms. The first-order valence-electron chi connectivity index (χ1n) is 4.88. The molecule has 0 aliphatic heterocycles. The fourth-order valence-corrected chi connectivity index (χ4v) is 2.02. The minimum absolute atomic E-state index is 0.408. The van der Waals surface area contributed by atoms with Crippen LogP contribution in [0.15, 0.2) is 0 Å². The lowest BCUT2D eigenvalue weighted by molar-refractivity contribution is 0.453. The standard InChI is InChI=1S/C11H26S/c1-8-10(2)9-11(3,4)12(5,6)7/h10H,8-9H2,1-7H3. The molecular formula is C11H26S. The van der Waals surface area contributed by atoms with Gasteiger partial charge in [-0.3, -0.25) is 0 Å². The molecule has 0 aromatic carbocycles. The Morgan fingerprint density at radius 1 is 1.17 bits per heavy atom. The van der Waals surface area contributed by atoms with Gasteiger partial charge in [0.2, 0.25) is 0 Å². The predicted octanol–water partition coefficient (Wildman–Crippen LogP) is 3.90. The second kappa shape index (κ2) is 4.04. The van der Waals surface area contributed by atoms with Crippen molar-refractivity contribution < 1.29 is 0 Å². The zero-order chi connectivity index (χ0) is 9.99. The average Bonchev–Trinajstić information content (AvgIpc) is 1.84. The highest BCUT2D eigenvalue weighted by Crippen LogP contribution is 2.52. The van der Waals surface area contributed by atoms with Gasteiger partial charge in [0.15, 0.2) is 0 Å². The first-order valence-corrected chi connectivity index (χ1v) is 7.74. The van der Waals surface area contributed by atoms with Crippen molar-refractivity contribution >= 4 is 10.0 Å². The Kier molecular flexibility index (Phi) is 4.16. The Morgan fingerprint density at radius 2 is 1.58 bits per heavy atom. The van der Waals surface area contributed by atoms with E-state index in [-0.39, 0.29) is 0 Å². The molecule has 0 aromatic heterocycles. The summed E-state index contributed by atoms with van der Waals surface area (Å²) in [7, 11) is -0.408. The van der Waals surface area contributed by atoms with E-state index in [4.69, 9.17) is 0 Å². The third-order valence-corrected chi connectivity index (χ3v) is 6.68. The smallest absolute Gasteiger partial charge is 0.00589 e. The zero-order valence-corrected chi connectivity index (χ0v) is 10.7. The molecule has 0 fully saturated rings. The Hall–Kier alpha value is 0.350. The Morgan fingerprint density at radius 3 is 1.83 bits per heavy atom. The second-order valence-corrected chi connectivity index (χ2v) is 10.1. The third-order valence-electron chi connectivity index (χ3n) is 3.19. The molecule has 1 atom stereocenters. The van der Waals surface area contributed by atoms with Crippen molar-refractivity contribution in [1.29, 1.82) is 0 Å². The summed E-state index contributed by atoms with van der Waals surface area (Å²) in [4.78, 5) is 0. The van der Waals surface area contributed by atoms with Crippen LogP contribution in [-0.2, 0) is 0 Å². The molecule has 0 saturated carbocycles. The lowest BCUT2D eigenvalue weighted by atomic mass is 9.96. The van der Waals surface area contributed by atoms with Crippen molar-refractivity contribution in [2.24, 2.45) is 5.92 Å². The molecule has 0 spiro atoms. The normalized spacial score (nSPS) is 17.6. The van der Waals surface area contributed by atoms with E-state index in [0.717, 1.165) is 5.92 Å². The summed E-state index contributed by atoms with van der Waals surface area (Å²) in [5.41, 5.74) is 0. The molecule has 0 aromatic rings. The molecule has 0 rings (SSSR count). The van der Waals surface area contributed by atoms with E-state index in [9.17, 15) is 0 Å². The summed E-state index contributed by atoms with van der Waals surface area (Å²) >= 11 is 0. The van der Waals surface area contributed by atoms with Gasteiger partial charge in [-0.05, 0) is 35.9 Å². The van der Waals surface area contributed by atoms with Crippen LogP contribution in [0.3, 0.4) is 0 Å². The summed E-state index contributed by atoms with van der Waals surface area (Å²) in [6.07, 6.45) is 9.97. The van der Waals surface area contributed by atoms with Crippen LogP contribution in [-0.4, -0.2) is 23.5 Å². The minimum Gasteiger partial charge on any atom is -0.245 e. The van der Waals surface area contributed by atoms with Crippen molar-refractivity contribution in [3.05, 3.63) is 0 Å². The Labute approximate surface area is 80.4 Å². The molecule has 0 aliphatic carbocycles. The summed E-state index contributed by atoms with van der Waals surface area (Å²) in [6, 6.07) is 0. The highest BCUT2D eigenvalue weighted by molar-refractivity contribution is 8.33. The quantitative estimate of drug-likeness (QED) is 0.631. The second-order valence-electron chi connectivity index (χ2n) is 5.31. The van der Waals surface area contributed by atoms with E-state index in [1.165, 1.54) is 12.8 Å². The van der Waals surface area contributed by atoms with Gasteiger partial charge in [-0.15, -0.1) is 0 Å². The monoisotopic (exact) mass is 190 g/mol. The molecule has 0 radical (unpaired) electrons. The number of hydrogen-bond donors (Lipinski definition) is 0. The van der Waals surface area contributed by atoms with Gasteiger partial charge in [-0.25, -0.2) is 10.0 Å². The fraction of sp³-hybridized carbons (Fsp3) is 1.00. The largest absolute Gasteiger partial charge is 0.245 e. The van der Waals surface area contributed by atoms with Gasteiger partial charge in [0.1, 0.15) is 0 Å². The molecule has 1 heteroatoms. The van der Waals surface area contributed by atoms with Crippen molar-refractivity contribution in [3.63, 3.8) is 0 Å². The van der Waals surface area contributed by atoms with E-state index in [2.05, 4.69) is 46.5 Å². The Balaban J connectivity index is 4.22. The minimum atomic E-state index is -0.408. The lowest BCUT2D eigenvalue weighted by Gasteiger charge is -2.45. The summed E-state index contributed by atoms with van der Waals surface area (Å²) < 4.78 is 0.544. The summed E-state index contributed by atoms with van der Waals surface area (Å²) in [5.74, 6) is 0.881. The van der Waals surface area contributed by atoms with E-state index < -0.39 is 10.0 Å². The fourth-order valence-electron chi connectivity index (χ4n) is 1.23. The molecule has 1 unspecified atom stereocenters. The van der Waals surface area contributed by atoms with Crippen molar-refractivity contribution in [2.45, 2.75) is 45.3 Å². The molecular weight excluding hydrogens is 164 g/mol. The van der Waals surface area contributed by atoms with Crippen molar-refractivity contribution in [2.75, 3.05) is 18.8 Å². The van der Waals surface area contributed by atoms with Gasteiger partial charge < -0.3 is 0 Å². The molecule has 12 heavy (non-hydrogen) atoms. The lowest BCUT2D eigenvalue weighted by Crippen LogP contribution is -2.28. The van der Waals surface area contributed by atoms with Crippen molar-refractivity contribution in [3.8, 4) is 0 Å². The van der Waals surface area contributed by atoms with Crippen molar-refractivity contribution in [1.82, 2.24) is 0 Å². The number of rotatable bonds is 4. The van der Waals surface area contributed by atoms with Gasteiger partial charge >= 0.3 is 0 Å². The van der Waals surface area contributed by atoms with Crippen LogP contribution >= 0.6 is 10.0 Å². The molecule has 0 nitrogen and oxygen atoms in total. The maximum absolute atomic E-state index is 2.43. The average molecular weight is 190 g/mol. The van der Waals surface area contributed by atoms with Gasteiger partial charge in [-0.1, -0.05) is 34.1 Å². The van der Waals surface area contributed by atoms with Crippen LogP contribution in [0.2, 0.25) is 0 Å². The SMILES string of the molecule is CCC(C)CC(C)(C)S(C)(C)C. The van der Waals surface area contributed by atoms with Gasteiger partial charge in [-0.2, -0.15) is 0 Å². The van der Waals surface area contributed by atoms with E-state index in [1.54, 1.807) is 0 Å². The van der Waals surface area contributed by atoms with Crippen LogP contribution in [0, 0.1) is 5.92 Å². The molecule has 0 heterocycles. The molecule has 76 valence electrons.